The highest BCUT2D eigenvalue weighted by atomic mass is 19.4. The Bertz CT molecular complexity index is 2460. The molecule has 0 spiro atoms. The van der Waals surface area contributed by atoms with Crippen molar-refractivity contribution in [3.05, 3.63) is 156 Å². The molecule has 1 aliphatic carbocycles. The zero-order valence-corrected chi connectivity index (χ0v) is 25.5. The zero-order valence-electron chi connectivity index (χ0n) is 25.5. The van der Waals surface area contributed by atoms with Gasteiger partial charge in [-0.15, -0.1) is 0 Å². The molecule has 1 nitrogen and oxygen atoms in total. The van der Waals surface area contributed by atoms with Gasteiger partial charge in [-0.1, -0.05) is 127 Å². The lowest BCUT2D eigenvalue weighted by Crippen LogP contribution is -2.22. The number of benzene rings is 7. The molecular weight excluding hydrogens is 634 g/mol. The van der Waals surface area contributed by atoms with Crippen LogP contribution in [0.4, 0.5) is 26.3 Å². The highest BCUT2D eigenvalue weighted by Crippen LogP contribution is 2.52. The summed E-state index contributed by atoms with van der Waals surface area (Å²) < 4.78 is 93.9. The molecule has 7 aromatic carbocycles. The second-order valence-corrected chi connectivity index (χ2v) is 12.5. The minimum Gasteiger partial charge on any atom is -0.484 e. The summed E-state index contributed by atoms with van der Waals surface area (Å²) in [4.78, 5) is 0. The van der Waals surface area contributed by atoms with Crippen LogP contribution in [0.5, 0.6) is 5.75 Å². The van der Waals surface area contributed by atoms with Crippen molar-refractivity contribution in [2.45, 2.75) is 24.4 Å². The van der Waals surface area contributed by atoms with Crippen molar-refractivity contribution in [2.24, 2.45) is 0 Å². The molecule has 0 saturated heterocycles. The summed E-state index contributed by atoms with van der Waals surface area (Å²) in [5, 5.41) is 2.40. The highest BCUT2D eigenvalue weighted by Gasteiger charge is 2.41. The normalized spacial score (nSPS) is 17.4. The van der Waals surface area contributed by atoms with Crippen LogP contribution in [0.15, 0.2) is 133 Å². The predicted molar refractivity (Wildman–Crippen MR) is 183 cm³/mol. The standard InChI is InChI=1S/C42H24F6O/c43-41(44,45)38-29-14-5-1-10-25(29)36(26-11-2-6-15-30(26)38)23-20-21-24-33-18-9-19-34(40(33)49-35(24)22-23)37-27-12-3-7-16-31(27)39(42(46,47)48)32-17-8-4-13-28(32)37/h1-22,33,40H. The van der Waals surface area contributed by atoms with Crippen LogP contribution < -0.4 is 4.74 Å². The Balaban J connectivity index is 1.22. The average Bonchev–Trinajstić information content (AvgIpc) is 3.46. The number of allylic oxidation sites excluding steroid dienone is 2. The van der Waals surface area contributed by atoms with Crippen molar-refractivity contribution in [3.63, 3.8) is 0 Å². The van der Waals surface area contributed by atoms with Gasteiger partial charge in [0.2, 0.25) is 0 Å². The van der Waals surface area contributed by atoms with E-state index in [1.807, 2.05) is 36.4 Å². The molecule has 0 bridgehead atoms. The van der Waals surface area contributed by atoms with E-state index in [9.17, 15) is 26.3 Å². The van der Waals surface area contributed by atoms with Crippen molar-refractivity contribution in [1.82, 2.24) is 0 Å². The van der Waals surface area contributed by atoms with Gasteiger partial charge in [0.15, 0.2) is 0 Å². The molecule has 1 heterocycles. The van der Waals surface area contributed by atoms with Crippen molar-refractivity contribution in [2.75, 3.05) is 0 Å². The topological polar surface area (TPSA) is 9.23 Å². The first-order chi connectivity index (χ1) is 23.6. The SMILES string of the molecule is FC(F)(F)c1c2ccccc2c(C2=CC=CC3c4ccc(-c5c6ccccc6c(C(F)(F)F)c6ccccc56)cc4OC23)c2ccccc12. The van der Waals surface area contributed by atoms with Crippen LogP contribution in [-0.2, 0) is 12.4 Å². The highest BCUT2D eigenvalue weighted by molar-refractivity contribution is 6.16. The molecular formula is C42H24F6O. The van der Waals surface area contributed by atoms with E-state index in [0.29, 0.717) is 44.0 Å². The van der Waals surface area contributed by atoms with Gasteiger partial charge in [0, 0.05) is 17.1 Å². The molecule has 0 amide bonds. The van der Waals surface area contributed by atoms with Crippen LogP contribution in [0.1, 0.15) is 28.2 Å². The first kappa shape index (κ1) is 29.6. The fraction of sp³-hybridized carbons (Fsp3) is 0.0952. The first-order valence-electron chi connectivity index (χ1n) is 15.8. The maximum Gasteiger partial charge on any atom is 0.417 e. The fourth-order valence-electron chi connectivity index (χ4n) is 7.99. The van der Waals surface area contributed by atoms with E-state index in [4.69, 9.17) is 4.74 Å². The Hall–Kier alpha value is -5.56. The van der Waals surface area contributed by atoms with E-state index in [2.05, 4.69) is 0 Å². The molecule has 0 aromatic heterocycles. The van der Waals surface area contributed by atoms with Gasteiger partial charge in [-0.05, 0) is 65.8 Å². The van der Waals surface area contributed by atoms with Gasteiger partial charge in [-0.3, -0.25) is 0 Å². The van der Waals surface area contributed by atoms with Crippen LogP contribution in [0.25, 0.3) is 59.8 Å². The van der Waals surface area contributed by atoms with E-state index >= 15 is 0 Å². The number of rotatable bonds is 2. The van der Waals surface area contributed by atoms with Crippen LogP contribution in [0, 0.1) is 0 Å². The fourth-order valence-corrected chi connectivity index (χ4v) is 7.99. The van der Waals surface area contributed by atoms with Gasteiger partial charge >= 0.3 is 12.4 Å². The Morgan fingerprint density at radius 1 is 0.490 bits per heavy atom. The predicted octanol–water partition coefficient (Wildman–Crippen LogP) is 12.5. The Kier molecular flexibility index (Phi) is 6.32. The minimum absolute atomic E-state index is 0.119. The summed E-state index contributed by atoms with van der Waals surface area (Å²) in [5.41, 5.74) is 2.40. The molecule has 49 heavy (non-hydrogen) atoms. The average molecular weight is 659 g/mol. The van der Waals surface area contributed by atoms with Gasteiger partial charge < -0.3 is 4.74 Å². The molecule has 9 rings (SSSR count). The summed E-state index contributed by atoms with van der Waals surface area (Å²) >= 11 is 0. The van der Waals surface area contributed by atoms with Gasteiger partial charge in [0.25, 0.3) is 0 Å². The number of hydrogen-bond acceptors (Lipinski definition) is 1. The summed E-state index contributed by atoms with van der Waals surface area (Å²) in [7, 11) is 0. The van der Waals surface area contributed by atoms with Crippen LogP contribution in [0.2, 0.25) is 0 Å². The maximum atomic E-state index is 14.6. The smallest absolute Gasteiger partial charge is 0.417 e. The number of halogens is 6. The van der Waals surface area contributed by atoms with Gasteiger partial charge in [0.05, 0.1) is 11.1 Å². The third-order valence-electron chi connectivity index (χ3n) is 9.86. The lowest BCUT2D eigenvalue weighted by Gasteiger charge is -2.26. The molecule has 0 saturated carbocycles. The van der Waals surface area contributed by atoms with Crippen LogP contribution in [-0.4, -0.2) is 6.10 Å². The molecule has 2 aliphatic rings. The van der Waals surface area contributed by atoms with E-state index < -0.39 is 29.6 Å². The van der Waals surface area contributed by atoms with Gasteiger partial charge in [-0.25, -0.2) is 0 Å². The summed E-state index contributed by atoms with van der Waals surface area (Å²) in [5.74, 6) is 0.364. The van der Waals surface area contributed by atoms with Crippen molar-refractivity contribution < 1.29 is 31.1 Å². The minimum atomic E-state index is -4.57. The van der Waals surface area contributed by atoms with E-state index in [0.717, 1.165) is 11.1 Å². The lowest BCUT2D eigenvalue weighted by atomic mass is 9.80. The molecule has 0 N–H and O–H groups in total. The monoisotopic (exact) mass is 658 g/mol. The van der Waals surface area contributed by atoms with Crippen molar-refractivity contribution in [1.29, 1.82) is 0 Å². The van der Waals surface area contributed by atoms with E-state index in [1.165, 1.54) is 24.3 Å². The summed E-state index contributed by atoms with van der Waals surface area (Å²) in [6, 6.07) is 32.1. The molecule has 1 aliphatic heterocycles. The summed E-state index contributed by atoms with van der Waals surface area (Å²) in [6.07, 6.45) is -3.80. The third kappa shape index (κ3) is 4.41. The Morgan fingerprint density at radius 3 is 1.37 bits per heavy atom. The van der Waals surface area contributed by atoms with Crippen molar-refractivity contribution in [3.8, 4) is 16.9 Å². The third-order valence-corrected chi connectivity index (χ3v) is 9.86. The van der Waals surface area contributed by atoms with Crippen molar-refractivity contribution >= 4 is 48.7 Å². The number of alkyl halides is 6. The lowest BCUT2D eigenvalue weighted by molar-refractivity contribution is -0.135. The van der Waals surface area contributed by atoms with E-state index in [1.54, 1.807) is 72.8 Å². The molecule has 7 aromatic rings. The number of hydrogen-bond donors (Lipinski definition) is 0. The Labute approximate surface area is 276 Å². The largest absolute Gasteiger partial charge is 0.484 e. The maximum absolute atomic E-state index is 14.6. The molecule has 7 heteroatoms. The van der Waals surface area contributed by atoms with Gasteiger partial charge in [0.1, 0.15) is 11.9 Å². The number of ether oxygens (including phenoxy) is 1. The van der Waals surface area contributed by atoms with Crippen LogP contribution in [0.3, 0.4) is 0 Å². The first-order valence-corrected chi connectivity index (χ1v) is 15.8. The molecule has 2 unspecified atom stereocenters. The van der Waals surface area contributed by atoms with E-state index in [-0.39, 0.29) is 27.5 Å². The quantitative estimate of drug-likeness (QED) is 0.133. The Morgan fingerprint density at radius 2 is 0.918 bits per heavy atom. The molecule has 240 valence electrons. The van der Waals surface area contributed by atoms with Gasteiger partial charge in [-0.2, -0.15) is 26.3 Å². The molecule has 2 atom stereocenters. The van der Waals surface area contributed by atoms with Crippen LogP contribution >= 0.6 is 0 Å². The number of fused-ring (bicyclic) bond motifs is 7. The zero-order chi connectivity index (χ0) is 33.7. The second-order valence-electron chi connectivity index (χ2n) is 12.5. The summed E-state index contributed by atoms with van der Waals surface area (Å²) in [6.45, 7) is 0. The molecule has 0 radical (unpaired) electrons. The molecule has 0 fully saturated rings. The second kappa shape index (κ2) is 10.5.